The molecule has 0 spiro atoms. The Bertz CT molecular complexity index is 949. The van der Waals surface area contributed by atoms with Crippen LogP contribution in [-0.2, 0) is 4.79 Å². The Labute approximate surface area is 159 Å². The summed E-state index contributed by atoms with van der Waals surface area (Å²) in [6.07, 6.45) is -0.654. The normalized spacial score (nSPS) is 12.8. The largest absolute Gasteiger partial charge is 0.481 e. The zero-order chi connectivity index (χ0) is 19.2. The van der Waals surface area contributed by atoms with E-state index in [0.29, 0.717) is 5.75 Å². The highest BCUT2D eigenvalue weighted by molar-refractivity contribution is 6.02. The van der Waals surface area contributed by atoms with Crippen molar-refractivity contribution in [3.8, 4) is 5.75 Å². The monoisotopic (exact) mass is 360 g/mol. The molecule has 0 aliphatic carbocycles. The summed E-state index contributed by atoms with van der Waals surface area (Å²) in [6.45, 7) is 5.82. The number of rotatable bonds is 6. The zero-order valence-electron chi connectivity index (χ0n) is 15.8. The number of carbonyl (C=O) groups excluding carboxylic acids is 1. The lowest BCUT2D eigenvalue weighted by Gasteiger charge is -2.15. The minimum atomic E-state index is -0.654. The second-order valence-electron chi connectivity index (χ2n) is 6.76. The highest BCUT2D eigenvalue weighted by atomic mass is 16.5. The molecule has 0 saturated carbocycles. The molecule has 138 valence electrons. The number of hydrazone groups is 1. The molecule has 3 rings (SSSR count). The SMILES string of the molecule is CC(C)C(=NNC(=O)C(C)Oc1ccc2ccccc2c1)c1ccccc1. The van der Waals surface area contributed by atoms with Crippen LogP contribution in [0.25, 0.3) is 10.8 Å². The maximum Gasteiger partial charge on any atom is 0.280 e. The second kappa shape index (κ2) is 8.49. The quantitative estimate of drug-likeness (QED) is 0.508. The second-order valence-corrected chi connectivity index (χ2v) is 6.76. The lowest BCUT2D eigenvalue weighted by atomic mass is 10.0. The van der Waals surface area contributed by atoms with E-state index in [1.54, 1.807) is 6.92 Å². The first-order valence-corrected chi connectivity index (χ1v) is 9.13. The predicted molar refractivity (Wildman–Crippen MR) is 110 cm³/mol. The summed E-state index contributed by atoms with van der Waals surface area (Å²) < 4.78 is 5.80. The molecule has 0 aromatic heterocycles. The van der Waals surface area contributed by atoms with E-state index in [-0.39, 0.29) is 11.8 Å². The van der Waals surface area contributed by atoms with Gasteiger partial charge in [0.1, 0.15) is 5.75 Å². The highest BCUT2D eigenvalue weighted by Crippen LogP contribution is 2.21. The number of nitrogens with zero attached hydrogens (tertiary/aromatic N) is 1. The number of carbonyl (C=O) groups is 1. The molecule has 4 heteroatoms. The molecule has 1 atom stereocenters. The van der Waals surface area contributed by atoms with Gasteiger partial charge in [-0.3, -0.25) is 4.79 Å². The number of benzene rings is 3. The fourth-order valence-electron chi connectivity index (χ4n) is 2.84. The highest BCUT2D eigenvalue weighted by Gasteiger charge is 2.16. The molecule has 1 unspecified atom stereocenters. The minimum absolute atomic E-state index is 0.185. The lowest BCUT2D eigenvalue weighted by Crippen LogP contribution is -2.34. The first-order valence-electron chi connectivity index (χ1n) is 9.13. The molecule has 0 fully saturated rings. The molecule has 3 aromatic rings. The van der Waals surface area contributed by atoms with Gasteiger partial charge in [-0.15, -0.1) is 0 Å². The summed E-state index contributed by atoms with van der Waals surface area (Å²) in [5.41, 5.74) is 4.48. The van der Waals surface area contributed by atoms with Crippen LogP contribution in [0.1, 0.15) is 26.3 Å². The predicted octanol–water partition coefficient (Wildman–Crippen LogP) is 4.78. The van der Waals surface area contributed by atoms with Gasteiger partial charge in [0.05, 0.1) is 5.71 Å². The van der Waals surface area contributed by atoms with E-state index in [9.17, 15) is 4.79 Å². The van der Waals surface area contributed by atoms with Crippen molar-refractivity contribution >= 4 is 22.4 Å². The Balaban J connectivity index is 1.69. The van der Waals surface area contributed by atoms with Crippen molar-refractivity contribution in [2.24, 2.45) is 11.0 Å². The Morgan fingerprint density at radius 1 is 0.889 bits per heavy atom. The molecular formula is C23H24N2O2. The van der Waals surface area contributed by atoms with E-state index in [1.165, 1.54) is 0 Å². The number of ether oxygens (including phenoxy) is 1. The number of hydrogen-bond donors (Lipinski definition) is 1. The van der Waals surface area contributed by atoms with Crippen LogP contribution in [0.2, 0.25) is 0 Å². The van der Waals surface area contributed by atoms with Crippen LogP contribution in [0.5, 0.6) is 5.75 Å². The molecule has 0 radical (unpaired) electrons. The summed E-state index contributed by atoms with van der Waals surface area (Å²) in [5.74, 6) is 0.564. The zero-order valence-corrected chi connectivity index (χ0v) is 15.8. The van der Waals surface area contributed by atoms with E-state index in [1.807, 2.05) is 86.6 Å². The third-order valence-corrected chi connectivity index (χ3v) is 4.31. The van der Waals surface area contributed by atoms with Gasteiger partial charge in [0.2, 0.25) is 0 Å². The van der Waals surface area contributed by atoms with Gasteiger partial charge in [0.25, 0.3) is 5.91 Å². The number of hydrogen-bond acceptors (Lipinski definition) is 3. The van der Waals surface area contributed by atoms with Crippen LogP contribution >= 0.6 is 0 Å². The average Bonchev–Trinajstić information content (AvgIpc) is 2.68. The molecule has 0 heterocycles. The van der Waals surface area contributed by atoms with Crippen LogP contribution in [-0.4, -0.2) is 17.7 Å². The Hall–Kier alpha value is -3.14. The van der Waals surface area contributed by atoms with Gasteiger partial charge in [0, 0.05) is 0 Å². The summed E-state index contributed by atoms with van der Waals surface area (Å²) in [5, 5.41) is 6.55. The Morgan fingerprint density at radius 2 is 1.56 bits per heavy atom. The first-order chi connectivity index (χ1) is 13.0. The summed E-state index contributed by atoms with van der Waals surface area (Å²) in [7, 11) is 0. The van der Waals surface area contributed by atoms with Gasteiger partial charge in [-0.2, -0.15) is 5.10 Å². The molecule has 3 aromatic carbocycles. The van der Waals surface area contributed by atoms with Crippen molar-refractivity contribution in [3.05, 3.63) is 78.4 Å². The van der Waals surface area contributed by atoms with E-state index < -0.39 is 6.10 Å². The smallest absolute Gasteiger partial charge is 0.280 e. The summed E-state index contributed by atoms with van der Waals surface area (Å²) in [4.78, 5) is 12.4. The third kappa shape index (κ3) is 4.73. The molecule has 0 saturated heterocycles. The van der Waals surface area contributed by atoms with Crippen molar-refractivity contribution in [2.45, 2.75) is 26.9 Å². The molecule has 0 bridgehead atoms. The van der Waals surface area contributed by atoms with E-state index >= 15 is 0 Å². The van der Waals surface area contributed by atoms with Gasteiger partial charge in [0.15, 0.2) is 6.10 Å². The van der Waals surface area contributed by atoms with Crippen LogP contribution in [0, 0.1) is 5.92 Å². The summed E-state index contributed by atoms with van der Waals surface area (Å²) >= 11 is 0. The number of nitrogens with one attached hydrogen (secondary N) is 1. The fourth-order valence-corrected chi connectivity index (χ4v) is 2.84. The molecule has 1 amide bonds. The van der Waals surface area contributed by atoms with Crippen LogP contribution in [0.4, 0.5) is 0 Å². The van der Waals surface area contributed by atoms with Gasteiger partial charge in [-0.05, 0) is 41.3 Å². The molecule has 0 aliphatic heterocycles. The first kappa shape index (κ1) is 18.6. The third-order valence-electron chi connectivity index (χ3n) is 4.31. The topological polar surface area (TPSA) is 50.7 Å². The molecule has 0 aliphatic rings. The average molecular weight is 360 g/mol. The van der Waals surface area contributed by atoms with Crippen molar-refractivity contribution < 1.29 is 9.53 Å². The molecule has 27 heavy (non-hydrogen) atoms. The molecule has 1 N–H and O–H groups in total. The lowest BCUT2D eigenvalue weighted by molar-refractivity contribution is -0.127. The van der Waals surface area contributed by atoms with Crippen molar-refractivity contribution in [1.29, 1.82) is 0 Å². The van der Waals surface area contributed by atoms with Gasteiger partial charge >= 0.3 is 0 Å². The maximum absolute atomic E-state index is 12.4. The van der Waals surface area contributed by atoms with E-state index in [2.05, 4.69) is 10.5 Å². The Kier molecular flexibility index (Phi) is 5.87. The standard InChI is InChI=1S/C23H24N2O2/c1-16(2)22(19-10-5-4-6-11-19)24-25-23(26)17(3)27-21-14-13-18-9-7-8-12-20(18)15-21/h4-17H,1-3H3,(H,25,26). The van der Waals surface area contributed by atoms with Gasteiger partial charge in [-0.1, -0.05) is 74.5 Å². The maximum atomic E-state index is 12.4. The van der Waals surface area contributed by atoms with Gasteiger partial charge < -0.3 is 4.74 Å². The van der Waals surface area contributed by atoms with Gasteiger partial charge in [-0.25, -0.2) is 5.43 Å². The molecular weight excluding hydrogens is 336 g/mol. The summed E-state index contributed by atoms with van der Waals surface area (Å²) in [6, 6.07) is 23.7. The van der Waals surface area contributed by atoms with Crippen LogP contribution < -0.4 is 10.2 Å². The number of fused-ring (bicyclic) bond motifs is 1. The van der Waals surface area contributed by atoms with Crippen LogP contribution in [0.15, 0.2) is 77.9 Å². The van der Waals surface area contributed by atoms with Crippen molar-refractivity contribution in [2.75, 3.05) is 0 Å². The van der Waals surface area contributed by atoms with Crippen molar-refractivity contribution in [3.63, 3.8) is 0 Å². The van der Waals surface area contributed by atoms with E-state index in [4.69, 9.17) is 4.74 Å². The minimum Gasteiger partial charge on any atom is -0.481 e. The van der Waals surface area contributed by atoms with E-state index in [0.717, 1.165) is 22.0 Å². The number of amides is 1. The fraction of sp³-hybridized carbons (Fsp3) is 0.217. The Morgan fingerprint density at radius 3 is 2.26 bits per heavy atom. The van der Waals surface area contributed by atoms with Crippen molar-refractivity contribution in [1.82, 2.24) is 5.43 Å². The van der Waals surface area contributed by atoms with Crippen LogP contribution in [0.3, 0.4) is 0 Å². The molecule has 4 nitrogen and oxygen atoms in total.